The molecule has 2 aliphatic rings. The van der Waals surface area contributed by atoms with Crippen molar-refractivity contribution in [3.63, 3.8) is 0 Å². The lowest BCUT2D eigenvalue weighted by Crippen LogP contribution is -2.57. The van der Waals surface area contributed by atoms with E-state index in [1.54, 1.807) is 18.7 Å². The summed E-state index contributed by atoms with van der Waals surface area (Å²) in [7, 11) is 0. The summed E-state index contributed by atoms with van der Waals surface area (Å²) in [6.45, 7) is 7.19. The van der Waals surface area contributed by atoms with Crippen LogP contribution in [0.4, 0.5) is 10.6 Å². The Hall–Kier alpha value is -3.23. The molecule has 2 fully saturated rings. The van der Waals surface area contributed by atoms with Gasteiger partial charge in [0.05, 0.1) is 29.9 Å². The Kier molecular flexibility index (Phi) is 4.34. The van der Waals surface area contributed by atoms with Crippen LogP contribution in [0.5, 0.6) is 0 Å². The van der Waals surface area contributed by atoms with Crippen LogP contribution < -0.4 is 4.90 Å². The molecule has 0 radical (unpaired) electrons. The lowest BCUT2D eigenvalue weighted by molar-refractivity contribution is 0.0123. The number of H-pyrrole nitrogens is 1. The van der Waals surface area contributed by atoms with E-state index in [1.807, 2.05) is 31.7 Å². The maximum absolute atomic E-state index is 12.7. The molecule has 0 aromatic carbocycles. The zero-order chi connectivity index (χ0) is 20.9. The van der Waals surface area contributed by atoms with E-state index in [-0.39, 0.29) is 18.2 Å². The predicted molar refractivity (Wildman–Crippen MR) is 112 cm³/mol. The van der Waals surface area contributed by atoms with Crippen molar-refractivity contribution < 1.29 is 9.53 Å². The molecule has 2 unspecified atom stereocenters. The molecule has 3 aromatic heterocycles. The third-order valence-corrected chi connectivity index (χ3v) is 5.69. The number of fused-ring (bicyclic) bond motifs is 3. The molecule has 30 heavy (non-hydrogen) atoms. The van der Waals surface area contributed by atoms with Gasteiger partial charge in [0.25, 0.3) is 0 Å². The SMILES string of the molecule is CC(C)(C)OC(=O)N1C2CCC1CN(c1ncnc3[nH]c(-c4ccnnc4)cc13)C2. The average molecular weight is 407 g/mol. The summed E-state index contributed by atoms with van der Waals surface area (Å²) in [4.78, 5) is 29.3. The average Bonchev–Trinajstić information content (AvgIpc) is 3.26. The molecular weight excluding hydrogens is 382 g/mol. The number of hydrogen-bond donors (Lipinski definition) is 1. The summed E-state index contributed by atoms with van der Waals surface area (Å²) in [6.07, 6.45) is 6.73. The first-order valence-electron chi connectivity index (χ1n) is 10.3. The van der Waals surface area contributed by atoms with Gasteiger partial charge < -0.3 is 14.6 Å². The van der Waals surface area contributed by atoms with E-state index in [1.165, 1.54) is 0 Å². The molecule has 2 saturated heterocycles. The Balaban J connectivity index is 1.42. The molecule has 1 amide bonds. The van der Waals surface area contributed by atoms with Gasteiger partial charge in [-0.15, -0.1) is 0 Å². The van der Waals surface area contributed by atoms with E-state index >= 15 is 0 Å². The number of hydrogen-bond acceptors (Lipinski definition) is 7. The minimum absolute atomic E-state index is 0.131. The monoisotopic (exact) mass is 407 g/mol. The van der Waals surface area contributed by atoms with E-state index in [4.69, 9.17) is 4.74 Å². The molecular formula is C21H25N7O2. The van der Waals surface area contributed by atoms with Crippen molar-refractivity contribution in [2.75, 3.05) is 18.0 Å². The third-order valence-electron chi connectivity index (χ3n) is 5.69. The van der Waals surface area contributed by atoms with E-state index in [0.29, 0.717) is 0 Å². The molecule has 156 valence electrons. The second-order valence-corrected chi connectivity index (χ2v) is 8.95. The fraction of sp³-hybridized carbons (Fsp3) is 0.476. The molecule has 0 aliphatic carbocycles. The highest BCUT2D eigenvalue weighted by atomic mass is 16.6. The van der Waals surface area contributed by atoms with Crippen molar-refractivity contribution in [1.82, 2.24) is 30.0 Å². The first-order valence-corrected chi connectivity index (χ1v) is 10.3. The Bertz CT molecular complexity index is 1060. The second-order valence-electron chi connectivity index (χ2n) is 8.95. The molecule has 2 atom stereocenters. The van der Waals surface area contributed by atoms with Crippen LogP contribution in [0.3, 0.4) is 0 Å². The molecule has 2 aliphatic heterocycles. The topological polar surface area (TPSA) is 100 Å². The van der Waals surface area contributed by atoms with Crippen LogP contribution in [0.15, 0.2) is 30.9 Å². The molecule has 1 N–H and O–H groups in total. The zero-order valence-electron chi connectivity index (χ0n) is 17.4. The Labute approximate surface area is 174 Å². The van der Waals surface area contributed by atoms with Crippen LogP contribution in [-0.2, 0) is 4.74 Å². The first kappa shape index (κ1) is 18.8. The summed E-state index contributed by atoms with van der Waals surface area (Å²) >= 11 is 0. The van der Waals surface area contributed by atoms with Gasteiger partial charge in [-0.1, -0.05) is 0 Å². The number of aromatic amines is 1. The number of amides is 1. The first-order chi connectivity index (χ1) is 14.4. The van der Waals surface area contributed by atoms with Gasteiger partial charge in [0.15, 0.2) is 0 Å². The number of ether oxygens (including phenoxy) is 1. The largest absolute Gasteiger partial charge is 0.444 e. The summed E-state index contributed by atoms with van der Waals surface area (Å²) in [5.41, 5.74) is 2.17. The molecule has 0 saturated carbocycles. The van der Waals surface area contributed by atoms with Crippen LogP contribution in [0.25, 0.3) is 22.3 Å². The minimum atomic E-state index is -0.490. The number of nitrogens with one attached hydrogen (secondary N) is 1. The number of rotatable bonds is 2. The predicted octanol–water partition coefficient (Wildman–Crippen LogP) is 3.00. The fourth-order valence-electron chi connectivity index (χ4n) is 4.47. The molecule has 3 aromatic rings. The summed E-state index contributed by atoms with van der Waals surface area (Å²) in [5.74, 6) is 0.894. The summed E-state index contributed by atoms with van der Waals surface area (Å²) < 4.78 is 5.65. The van der Waals surface area contributed by atoms with Gasteiger partial charge in [0.2, 0.25) is 0 Å². The Morgan fingerprint density at radius 3 is 2.60 bits per heavy atom. The van der Waals surface area contributed by atoms with Gasteiger partial charge in [-0.25, -0.2) is 14.8 Å². The normalized spacial score (nSPS) is 21.3. The van der Waals surface area contributed by atoms with E-state index in [0.717, 1.165) is 54.0 Å². The minimum Gasteiger partial charge on any atom is -0.444 e. The van der Waals surface area contributed by atoms with Crippen LogP contribution in [0.2, 0.25) is 0 Å². The van der Waals surface area contributed by atoms with Crippen molar-refractivity contribution in [2.45, 2.75) is 51.3 Å². The molecule has 9 nitrogen and oxygen atoms in total. The lowest BCUT2D eigenvalue weighted by Gasteiger charge is -2.41. The van der Waals surface area contributed by atoms with Crippen molar-refractivity contribution in [2.24, 2.45) is 0 Å². The molecule has 9 heteroatoms. The number of aromatic nitrogens is 5. The van der Waals surface area contributed by atoms with Gasteiger partial charge in [-0.05, 0) is 45.7 Å². The maximum Gasteiger partial charge on any atom is 0.410 e. The molecule has 0 spiro atoms. The quantitative estimate of drug-likeness (QED) is 0.697. The number of carbonyl (C=O) groups excluding carboxylic acids is 1. The number of anilines is 1. The molecule has 5 rings (SSSR count). The lowest BCUT2D eigenvalue weighted by atomic mass is 10.1. The van der Waals surface area contributed by atoms with Crippen LogP contribution in [0.1, 0.15) is 33.6 Å². The van der Waals surface area contributed by atoms with Crippen molar-refractivity contribution in [3.8, 4) is 11.3 Å². The third kappa shape index (κ3) is 3.34. The highest BCUT2D eigenvalue weighted by molar-refractivity contribution is 5.92. The van der Waals surface area contributed by atoms with E-state index in [2.05, 4.69) is 36.1 Å². The number of nitrogens with zero attached hydrogens (tertiary/aromatic N) is 6. The van der Waals surface area contributed by atoms with Crippen LogP contribution >= 0.6 is 0 Å². The smallest absolute Gasteiger partial charge is 0.410 e. The van der Waals surface area contributed by atoms with Gasteiger partial charge in [0, 0.05) is 24.3 Å². The standard InChI is InChI=1S/C21H25N7O2/c1-21(2,3)30-20(29)28-14-4-5-15(28)11-27(10-14)19-16-8-17(13-6-7-24-25-9-13)26-18(16)22-12-23-19/h6-9,12,14-15H,4-5,10-11H2,1-3H3,(H,22,23,26). The van der Waals surface area contributed by atoms with Crippen LogP contribution in [0, 0.1) is 0 Å². The van der Waals surface area contributed by atoms with Crippen molar-refractivity contribution in [3.05, 3.63) is 30.9 Å². The fourth-order valence-corrected chi connectivity index (χ4v) is 4.47. The summed E-state index contributed by atoms with van der Waals surface area (Å²) in [5, 5.41) is 8.76. The van der Waals surface area contributed by atoms with Gasteiger partial charge in [0.1, 0.15) is 23.4 Å². The van der Waals surface area contributed by atoms with E-state index in [9.17, 15) is 4.79 Å². The maximum atomic E-state index is 12.7. The highest BCUT2D eigenvalue weighted by Crippen LogP contribution is 2.36. The second kappa shape index (κ2) is 6.93. The Morgan fingerprint density at radius 2 is 1.93 bits per heavy atom. The van der Waals surface area contributed by atoms with Gasteiger partial charge in [-0.2, -0.15) is 10.2 Å². The van der Waals surface area contributed by atoms with Crippen molar-refractivity contribution >= 4 is 22.9 Å². The molecule has 2 bridgehead atoms. The summed E-state index contributed by atoms with van der Waals surface area (Å²) in [6, 6.07) is 4.23. The Morgan fingerprint density at radius 1 is 1.17 bits per heavy atom. The highest BCUT2D eigenvalue weighted by Gasteiger charge is 2.44. The van der Waals surface area contributed by atoms with Gasteiger partial charge in [-0.3, -0.25) is 4.90 Å². The number of piperazine rings is 1. The van der Waals surface area contributed by atoms with E-state index < -0.39 is 5.60 Å². The number of carbonyl (C=O) groups is 1. The van der Waals surface area contributed by atoms with Crippen molar-refractivity contribution in [1.29, 1.82) is 0 Å². The zero-order valence-corrected chi connectivity index (χ0v) is 17.4. The molecule has 5 heterocycles. The van der Waals surface area contributed by atoms with Crippen LogP contribution in [-0.4, -0.2) is 66.9 Å². The van der Waals surface area contributed by atoms with Gasteiger partial charge >= 0.3 is 6.09 Å².